The van der Waals surface area contributed by atoms with E-state index >= 15 is 0 Å². The Hall–Kier alpha value is -1.40. The number of nitrogen functional groups attached to an aromatic ring is 1. The first kappa shape index (κ1) is 16.0. The van der Waals surface area contributed by atoms with Gasteiger partial charge in [0.1, 0.15) is 5.75 Å². The summed E-state index contributed by atoms with van der Waals surface area (Å²) in [6.07, 6.45) is 1.20. The van der Waals surface area contributed by atoms with Gasteiger partial charge in [0.05, 0.1) is 24.2 Å². The maximum absolute atomic E-state index is 12.3. The molecule has 1 aromatic carbocycles. The van der Waals surface area contributed by atoms with E-state index in [1.165, 1.54) is 0 Å². The van der Waals surface area contributed by atoms with Gasteiger partial charge in [0.25, 0.3) is 0 Å². The molecule has 0 aromatic heterocycles. The molecule has 1 aliphatic heterocycles. The minimum atomic E-state index is -0.151. The van der Waals surface area contributed by atoms with Crippen LogP contribution in [-0.4, -0.2) is 36.2 Å². The largest absolute Gasteiger partial charge is 0.494 e. The van der Waals surface area contributed by atoms with Crippen molar-refractivity contribution in [3.8, 4) is 5.75 Å². The van der Waals surface area contributed by atoms with Crippen molar-refractivity contribution in [2.75, 3.05) is 24.8 Å². The summed E-state index contributed by atoms with van der Waals surface area (Å²) in [6.45, 7) is 4.74. The van der Waals surface area contributed by atoms with Crippen LogP contribution in [0.2, 0.25) is 0 Å². The summed E-state index contributed by atoms with van der Waals surface area (Å²) in [5.41, 5.74) is 6.95. The van der Waals surface area contributed by atoms with E-state index in [1.807, 2.05) is 6.92 Å². The lowest BCUT2D eigenvalue weighted by Crippen LogP contribution is -2.27. The number of carbonyl (C=O) groups excluding carboxylic acids is 1. The average Bonchev–Trinajstić information content (AvgIpc) is 2.86. The minimum absolute atomic E-state index is 0.0397. The van der Waals surface area contributed by atoms with Gasteiger partial charge in [-0.15, -0.1) is 11.8 Å². The van der Waals surface area contributed by atoms with Crippen LogP contribution in [-0.2, 0) is 9.53 Å². The lowest BCUT2D eigenvalue weighted by atomic mass is 10.2. The third-order valence-electron chi connectivity index (χ3n) is 3.54. The van der Waals surface area contributed by atoms with Gasteiger partial charge in [-0.2, -0.15) is 0 Å². The topological polar surface area (TPSA) is 73.6 Å². The Balaban J connectivity index is 1.97. The number of nitrogens with one attached hydrogen (secondary N) is 1. The van der Waals surface area contributed by atoms with Crippen LogP contribution in [0, 0.1) is 0 Å². The standard InChI is InChI=1S/C15H22N2O3S/c1-9-14(6-7-20-9)21-10(2)15(18)17-12-5-4-11(16)8-13(12)19-3/h4-5,8-10,14H,6-7,16H2,1-3H3,(H,17,18). The summed E-state index contributed by atoms with van der Waals surface area (Å²) < 4.78 is 10.8. The lowest BCUT2D eigenvalue weighted by Gasteiger charge is -2.19. The van der Waals surface area contributed by atoms with E-state index in [0.717, 1.165) is 13.0 Å². The van der Waals surface area contributed by atoms with Gasteiger partial charge in [0.2, 0.25) is 5.91 Å². The molecule has 0 saturated carbocycles. The second-order valence-electron chi connectivity index (χ2n) is 5.13. The fourth-order valence-corrected chi connectivity index (χ4v) is 3.50. The Morgan fingerprint density at radius 3 is 2.95 bits per heavy atom. The molecule has 0 spiro atoms. The van der Waals surface area contributed by atoms with Crippen molar-refractivity contribution in [1.82, 2.24) is 0 Å². The number of rotatable bonds is 5. The fraction of sp³-hybridized carbons (Fsp3) is 0.533. The normalized spacial score (nSPS) is 22.8. The zero-order valence-electron chi connectivity index (χ0n) is 12.6. The van der Waals surface area contributed by atoms with Gasteiger partial charge in [-0.3, -0.25) is 4.79 Å². The highest BCUT2D eigenvalue weighted by atomic mass is 32.2. The predicted octanol–water partition coefficient (Wildman–Crippen LogP) is 2.52. The Kier molecular flexibility index (Phi) is 5.36. The second kappa shape index (κ2) is 7.04. The van der Waals surface area contributed by atoms with Crippen LogP contribution >= 0.6 is 11.8 Å². The SMILES string of the molecule is COc1cc(N)ccc1NC(=O)C(C)SC1CCOC1C. The molecule has 1 amide bonds. The van der Waals surface area contributed by atoms with Crippen molar-refractivity contribution in [3.05, 3.63) is 18.2 Å². The number of ether oxygens (including phenoxy) is 2. The fourth-order valence-electron chi connectivity index (χ4n) is 2.26. The van der Waals surface area contributed by atoms with Gasteiger partial charge in [-0.05, 0) is 32.4 Å². The number of hydrogen-bond donors (Lipinski definition) is 2. The molecule has 1 heterocycles. The van der Waals surface area contributed by atoms with Crippen LogP contribution in [0.4, 0.5) is 11.4 Å². The van der Waals surface area contributed by atoms with Crippen molar-refractivity contribution in [2.24, 2.45) is 0 Å². The van der Waals surface area contributed by atoms with Gasteiger partial charge >= 0.3 is 0 Å². The van der Waals surface area contributed by atoms with Gasteiger partial charge in [-0.25, -0.2) is 0 Å². The van der Waals surface area contributed by atoms with Gasteiger partial charge in [0.15, 0.2) is 0 Å². The number of nitrogens with two attached hydrogens (primary N) is 1. The van der Waals surface area contributed by atoms with Gasteiger partial charge in [-0.1, -0.05) is 0 Å². The first-order valence-corrected chi connectivity index (χ1v) is 7.97. The van der Waals surface area contributed by atoms with Crippen LogP contribution in [0.1, 0.15) is 20.3 Å². The molecule has 0 bridgehead atoms. The molecule has 6 heteroatoms. The molecular weight excluding hydrogens is 288 g/mol. The molecule has 1 fully saturated rings. The number of amides is 1. The highest BCUT2D eigenvalue weighted by Crippen LogP contribution is 2.31. The number of methoxy groups -OCH3 is 1. The van der Waals surface area contributed by atoms with Crippen LogP contribution in [0.5, 0.6) is 5.75 Å². The maximum atomic E-state index is 12.3. The third-order valence-corrected chi connectivity index (χ3v) is 5.13. The molecule has 0 radical (unpaired) electrons. The first-order chi connectivity index (χ1) is 10.0. The molecule has 116 valence electrons. The van der Waals surface area contributed by atoms with Crippen LogP contribution in [0.15, 0.2) is 18.2 Å². The Morgan fingerprint density at radius 2 is 2.33 bits per heavy atom. The van der Waals surface area contributed by atoms with Crippen LogP contribution < -0.4 is 15.8 Å². The van der Waals surface area contributed by atoms with Crippen molar-refractivity contribution in [2.45, 2.75) is 36.9 Å². The summed E-state index contributed by atoms with van der Waals surface area (Å²) in [5.74, 6) is 0.528. The summed E-state index contributed by atoms with van der Waals surface area (Å²) in [7, 11) is 1.56. The van der Waals surface area contributed by atoms with Crippen molar-refractivity contribution < 1.29 is 14.3 Å². The number of hydrogen-bond acceptors (Lipinski definition) is 5. The number of anilines is 2. The van der Waals surface area contributed by atoms with Crippen LogP contribution in [0.25, 0.3) is 0 Å². The van der Waals surface area contributed by atoms with E-state index < -0.39 is 0 Å². The number of carbonyl (C=O) groups is 1. The maximum Gasteiger partial charge on any atom is 0.237 e. The Bertz CT molecular complexity index is 510. The molecule has 5 nitrogen and oxygen atoms in total. The number of benzene rings is 1. The summed E-state index contributed by atoms with van der Waals surface area (Å²) in [6, 6.07) is 5.19. The van der Waals surface area contributed by atoms with E-state index in [1.54, 1.807) is 37.1 Å². The third kappa shape index (κ3) is 4.04. The van der Waals surface area contributed by atoms with E-state index in [4.69, 9.17) is 15.2 Å². The van der Waals surface area contributed by atoms with E-state index in [2.05, 4.69) is 12.2 Å². The van der Waals surface area contributed by atoms with Crippen molar-refractivity contribution in [1.29, 1.82) is 0 Å². The summed E-state index contributed by atoms with van der Waals surface area (Å²) >= 11 is 1.66. The Labute approximate surface area is 129 Å². The smallest absolute Gasteiger partial charge is 0.237 e. The molecule has 1 aliphatic rings. The molecule has 3 atom stereocenters. The first-order valence-electron chi connectivity index (χ1n) is 7.02. The quantitative estimate of drug-likeness (QED) is 0.818. The molecule has 1 aromatic rings. The van der Waals surface area contributed by atoms with E-state index in [9.17, 15) is 4.79 Å². The van der Waals surface area contributed by atoms with E-state index in [-0.39, 0.29) is 17.3 Å². The predicted molar refractivity (Wildman–Crippen MR) is 86.9 cm³/mol. The Morgan fingerprint density at radius 1 is 1.57 bits per heavy atom. The lowest BCUT2D eigenvalue weighted by molar-refractivity contribution is -0.115. The highest BCUT2D eigenvalue weighted by Gasteiger charge is 2.28. The molecule has 21 heavy (non-hydrogen) atoms. The molecule has 3 N–H and O–H groups in total. The summed E-state index contributed by atoms with van der Waals surface area (Å²) in [4.78, 5) is 12.3. The zero-order valence-corrected chi connectivity index (χ0v) is 13.4. The molecule has 3 unspecified atom stereocenters. The minimum Gasteiger partial charge on any atom is -0.494 e. The molecule has 2 rings (SSSR count). The average molecular weight is 310 g/mol. The summed E-state index contributed by atoms with van der Waals surface area (Å²) in [5, 5.41) is 3.12. The van der Waals surface area contributed by atoms with Crippen molar-refractivity contribution >= 4 is 29.0 Å². The van der Waals surface area contributed by atoms with Crippen LogP contribution in [0.3, 0.4) is 0 Å². The second-order valence-corrected chi connectivity index (χ2v) is 6.72. The molecule has 1 saturated heterocycles. The van der Waals surface area contributed by atoms with Gasteiger partial charge < -0.3 is 20.5 Å². The zero-order chi connectivity index (χ0) is 15.4. The highest BCUT2D eigenvalue weighted by molar-refractivity contribution is 8.01. The molecule has 0 aliphatic carbocycles. The van der Waals surface area contributed by atoms with Crippen molar-refractivity contribution in [3.63, 3.8) is 0 Å². The number of thioether (sulfide) groups is 1. The van der Waals surface area contributed by atoms with Gasteiger partial charge in [0, 0.05) is 23.6 Å². The molecular formula is C15H22N2O3S. The van der Waals surface area contributed by atoms with E-state index in [0.29, 0.717) is 22.4 Å². The monoisotopic (exact) mass is 310 g/mol.